The lowest BCUT2D eigenvalue weighted by atomic mass is 10.2. The van der Waals surface area contributed by atoms with E-state index < -0.39 is 0 Å². The zero-order valence-electron chi connectivity index (χ0n) is 8.85. The number of thioether (sulfide) groups is 1. The first-order valence-electron chi connectivity index (χ1n) is 4.92. The van der Waals surface area contributed by atoms with E-state index in [1.807, 2.05) is 25.1 Å². The van der Waals surface area contributed by atoms with Crippen molar-refractivity contribution in [2.75, 3.05) is 0 Å². The van der Waals surface area contributed by atoms with Gasteiger partial charge in [0.1, 0.15) is 5.15 Å². The maximum atomic E-state index is 5.87. The molecule has 2 rings (SSSR count). The average Bonchev–Trinajstić information content (AvgIpc) is 2.27. The number of hydrogen-bond acceptors (Lipinski definition) is 3. The molecule has 1 aromatic heterocycles. The largest absolute Gasteiger partial charge is 0.228 e. The van der Waals surface area contributed by atoms with Gasteiger partial charge in [0.05, 0.1) is 0 Å². The molecule has 0 aliphatic rings. The van der Waals surface area contributed by atoms with Gasteiger partial charge in [0, 0.05) is 11.4 Å². The van der Waals surface area contributed by atoms with Gasteiger partial charge in [0.15, 0.2) is 5.16 Å². The molecule has 0 fully saturated rings. The number of benzene rings is 1. The van der Waals surface area contributed by atoms with Crippen LogP contribution in [0.15, 0.2) is 41.6 Å². The SMILES string of the molecule is Cc1cc(Cl)nc(SCc2ccccc2)n1. The monoisotopic (exact) mass is 250 g/mol. The van der Waals surface area contributed by atoms with Gasteiger partial charge in [-0.15, -0.1) is 0 Å². The van der Waals surface area contributed by atoms with Crippen LogP contribution in [-0.2, 0) is 5.75 Å². The fourth-order valence-corrected chi connectivity index (χ4v) is 2.44. The van der Waals surface area contributed by atoms with Crippen LogP contribution < -0.4 is 0 Å². The third-order valence-electron chi connectivity index (χ3n) is 2.01. The summed E-state index contributed by atoms with van der Waals surface area (Å²) in [4.78, 5) is 8.48. The molecule has 0 aliphatic carbocycles. The Morgan fingerprint density at radius 1 is 1.19 bits per heavy atom. The minimum atomic E-state index is 0.503. The Balaban J connectivity index is 2.05. The van der Waals surface area contributed by atoms with Crippen LogP contribution >= 0.6 is 23.4 Å². The fraction of sp³-hybridized carbons (Fsp3) is 0.167. The molecular weight excluding hydrogens is 240 g/mol. The second-order valence-electron chi connectivity index (χ2n) is 3.39. The molecule has 0 bridgehead atoms. The van der Waals surface area contributed by atoms with Crippen LogP contribution in [0.4, 0.5) is 0 Å². The number of aryl methyl sites for hydroxylation is 1. The first-order chi connectivity index (χ1) is 7.74. The van der Waals surface area contributed by atoms with Gasteiger partial charge >= 0.3 is 0 Å². The van der Waals surface area contributed by atoms with E-state index in [9.17, 15) is 0 Å². The highest BCUT2D eigenvalue weighted by molar-refractivity contribution is 7.98. The molecule has 82 valence electrons. The van der Waals surface area contributed by atoms with E-state index in [1.165, 1.54) is 5.56 Å². The lowest BCUT2D eigenvalue weighted by Crippen LogP contribution is -1.90. The van der Waals surface area contributed by atoms with Crippen molar-refractivity contribution < 1.29 is 0 Å². The Hall–Kier alpha value is -1.06. The maximum absolute atomic E-state index is 5.87. The van der Waals surface area contributed by atoms with E-state index in [0.29, 0.717) is 5.15 Å². The lowest BCUT2D eigenvalue weighted by molar-refractivity contribution is 0.932. The average molecular weight is 251 g/mol. The lowest BCUT2D eigenvalue weighted by Gasteiger charge is -2.02. The third kappa shape index (κ3) is 3.22. The number of nitrogens with zero attached hydrogens (tertiary/aromatic N) is 2. The van der Waals surface area contributed by atoms with Gasteiger partial charge < -0.3 is 0 Å². The highest BCUT2D eigenvalue weighted by Crippen LogP contribution is 2.20. The summed E-state index contributed by atoms with van der Waals surface area (Å²) in [6.07, 6.45) is 0. The topological polar surface area (TPSA) is 25.8 Å². The summed E-state index contributed by atoms with van der Waals surface area (Å²) in [6.45, 7) is 1.92. The van der Waals surface area contributed by atoms with Crippen molar-refractivity contribution >= 4 is 23.4 Å². The predicted octanol–water partition coefficient (Wildman–Crippen LogP) is 3.73. The molecule has 0 atom stereocenters. The van der Waals surface area contributed by atoms with E-state index in [0.717, 1.165) is 16.6 Å². The first-order valence-corrected chi connectivity index (χ1v) is 6.28. The summed E-state index contributed by atoms with van der Waals surface area (Å²) >= 11 is 7.46. The van der Waals surface area contributed by atoms with Gasteiger partial charge in [-0.1, -0.05) is 53.7 Å². The Morgan fingerprint density at radius 3 is 2.62 bits per heavy atom. The Morgan fingerprint density at radius 2 is 1.94 bits per heavy atom. The molecule has 4 heteroatoms. The summed E-state index contributed by atoms with van der Waals surface area (Å²) in [5.41, 5.74) is 2.16. The van der Waals surface area contributed by atoms with E-state index in [2.05, 4.69) is 22.1 Å². The zero-order valence-corrected chi connectivity index (χ0v) is 10.4. The summed E-state index contributed by atoms with van der Waals surface area (Å²) in [5.74, 6) is 0.862. The Kier molecular flexibility index (Phi) is 3.80. The van der Waals surface area contributed by atoms with Gasteiger partial charge in [-0.2, -0.15) is 0 Å². The Labute approximate surface area is 104 Å². The van der Waals surface area contributed by atoms with E-state index >= 15 is 0 Å². The minimum Gasteiger partial charge on any atom is -0.228 e. The highest BCUT2D eigenvalue weighted by atomic mass is 35.5. The van der Waals surface area contributed by atoms with Crippen LogP contribution in [0.1, 0.15) is 11.3 Å². The van der Waals surface area contributed by atoms with Crippen molar-refractivity contribution in [3.8, 4) is 0 Å². The molecule has 1 aromatic carbocycles. The molecule has 16 heavy (non-hydrogen) atoms. The van der Waals surface area contributed by atoms with Crippen molar-refractivity contribution in [1.82, 2.24) is 9.97 Å². The molecule has 0 N–H and O–H groups in total. The molecule has 0 unspecified atom stereocenters. The molecule has 1 heterocycles. The summed E-state index contributed by atoms with van der Waals surface area (Å²) in [7, 11) is 0. The molecule has 0 saturated carbocycles. The van der Waals surface area contributed by atoms with Gasteiger partial charge in [-0.05, 0) is 18.6 Å². The second kappa shape index (κ2) is 5.32. The third-order valence-corrected chi connectivity index (χ3v) is 3.13. The number of hydrogen-bond donors (Lipinski definition) is 0. The molecule has 0 radical (unpaired) electrons. The fourth-order valence-electron chi connectivity index (χ4n) is 1.29. The number of aromatic nitrogens is 2. The standard InChI is InChI=1S/C12H11ClN2S/c1-9-7-11(13)15-12(14-9)16-8-10-5-3-2-4-6-10/h2-7H,8H2,1H3. The molecule has 0 aliphatic heterocycles. The number of rotatable bonds is 3. The molecule has 2 aromatic rings. The molecule has 0 saturated heterocycles. The molecule has 0 spiro atoms. The van der Waals surface area contributed by atoms with Gasteiger partial charge in [-0.25, -0.2) is 9.97 Å². The highest BCUT2D eigenvalue weighted by Gasteiger charge is 2.01. The van der Waals surface area contributed by atoms with Crippen LogP contribution in [0.3, 0.4) is 0 Å². The van der Waals surface area contributed by atoms with Gasteiger partial charge in [0.2, 0.25) is 0 Å². The quantitative estimate of drug-likeness (QED) is 0.472. The van der Waals surface area contributed by atoms with E-state index in [1.54, 1.807) is 17.8 Å². The second-order valence-corrected chi connectivity index (χ2v) is 4.72. The van der Waals surface area contributed by atoms with Crippen molar-refractivity contribution in [2.24, 2.45) is 0 Å². The van der Waals surface area contributed by atoms with Crippen LogP contribution in [0, 0.1) is 6.92 Å². The van der Waals surface area contributed by atoms with Crippen LogP contribution in [-0.4, -0.2) is 9.97 Å². The van der Waals surface area contributed by atoms with Crippen molar-refractivity contribution in [3.63, 3.8) is 0 Å². The van der Waals surface area contributed by atoms with Crippen LogP contribution in [0.25, 0.3) is 0 Å². The Bertz CT molecular complexity index is 453. The van der Waals surface area contributed by atoms with Crippen molar-refractivity contribution in [2.45, 2.75) is 17.8 Å². The molecule has 0 amide bonds. The van der Waals surface area contributed by atoms with E-state index in [4.69, 9.17) is 11.6 Å². The van der Waals surface area contributed by atoms with Crippen LogP contribution in [0.5, 0.6) is 0 Å². The summed E-state index contributed by atoms with van der Waals surface area (Å²) in [6, 6.07) is 12.0. The zero-order chi connectivity index (χ0) is 11.4. The first kappa shape index (κ1) is 11.4. The van der Waals surface area contributed by atoms with Crippen molar-refractivity contribution in [3.05, 3.63) is 52.8 Å². The van der Waals surface area contributed by atoms with Gasteiger partial charge in [0.25, 0.3) is 0 Å². The normalized spacial score (nSPS) is 10.4. The molecule has 2 nitrogen and oxygen atoms in total. The maximum Gasteiger partial charge on any atom is 0.189 e. The molecular formula is C12H11ClN2S. The van der Waals surface area contributed by atoms with Crippen molar-refractivity contribution in [1.29, 1.82) is 0 Å². The minimum absolute atomic E-state index is 0.503. The smallest absolute Gasteiger partial charge is 0.189 e. The number of halogens is 1. The van der Waals surface area contributed by atoms with Gasteiger partial charge in [-0.3, -0.25) is 0 Å². The summed E-state index contributed by atoms with van der Waals surface area (Å²) in [5, 5.41) is 1.23. The van der Waals surface area contributed by atoms with E-state index in [-0.39, 0.29) is 0 Å². The predicted molar refractivity (Wildman–Crippen MR) is 67.8 cm³/mol. The summed E-state index contributed by atoms with van der Waals surface area (Å²) < 4.78 is 0. The van der Waals surface area contributed by atoms with Crippen LogP contribution in [0.2, 0.25) is 5.15 Å².